The predicted molar refractivity (Wildman–Crippen MR) is 89.3 cm³/mol. The molecular formula is C18H30N2O. The molecule has 0 aliphatic rings. The number of benzene rings is 1. The molecule has 1 amide bonds. The summed E-state index contributed by atoms with van der Waals surface area (Å²) in [5, 5.41) is 6.36. The summed E-state index contributed by atoms with van der Waals surface area (Å²) >= 11 is 0. The van der Waals surface area contributed by atoms with Gasteiger partial charge in [0.15, 0.2) is 0 Å². The van der Waals surface area contributed by atoms with Gasteiger partial charge in [-0.15, -0.1) is 0 Å². The standard InChI is InChI=1S/C18H30N2O/c1-7-14-8-10-15(11-9-14)17(13(2)3)19-12-16(21)20-18(4,5)6/h8-11,13,17,19H,7,12H2,1-6H3,(H,20,21). The van der Waals surface area contributed by atoms with Crippen LogP contribution in [0.15, 0.2) is 24.3 Å². The molecule has 21 heavy (non-hydrogen) atoms. The van der Waals surface area contributed by atoms with Crippen LogP contribution in [0.1, 0.15) is 58.7 Å². The number of rotatable bonds is 6. The lowest BCUT2D eigenvalue weighted by Gasteiger charge is -2.25. The number of aryl methyl sites for hydroxylation is 1. The zero-order chi connectivity index (χ0) is 16.0. The van der Waals surface area contributed by atoms with Gasteiger partial charge < -0.3 is 10.6 Å². The summed E-state index contributed by atoms with van der Waals surface area (Å²) in [6.45, 7) is 12.8. The molecule has 0 bridgehead atoms. The van der Waals surface area contributed by atoms with Crippen molar-refractivity contribution in [1.82, 2.24) is 10.6 Å². The summed E-state index contributed by atoms with van der Waals surface area (Å²) < 4.78 is 0. The molecular weight excluding hydrogens is 260 g/mol. The largest absolute Gasteiger partial charge is 0.350 e. The van der Waals surface area contributed by atoms with Crippen molar-refractivity contribution in [2.45, 2.75) is 59.5 Å². The van der Waals surface area contributed by atoms with E-state index in [0.29, 0.717) is 12.5 Å². The molecule has 0 fully saturated rings. The molecule has 1 unspecified atom stereocenters. The first-order valence-electron chi connectivity index (χ1n) is 7.86. The highest BCUT2D eigenvalue weighted by Crippen LogP contribution is 2.22. The van der Waals surface area contributed by atoms with Crippen LogP contribution in [0.5, 0.6) is 0 Å². The zero-order valence-corrected chi connectivity index (χ0v) is 14.3. The molecule has 3 heteroatoms. The molecule has 0 heterocycles. The van der Waals surface area contributed by atoms with E-state index in [1.807, 2.05) is 20.8 Å². The van der Waals surface area contributed by atoms with E-state index in [2.05, 4.69) is 55.7 Å². The summed E-state index contributed by atoms with van der Waals surface area (Å²) in [5.41, 5.74) is 2.40. The maximum atomic E-state index is 11.9. The molecule has 1 rings (SSSR count). The lowest BCUT2D eigenvalue weighted by molar-refractivity contribution is -0.121. The molecule has 0 spiro atoms. The Morgan fingerprint density at radius 1 is 1.14 bits per heavy atom. The highest BCUT2D eigenvalue weighted by atomic mass is 16.2. The number of amides is 1. The molecule has 3 nitrogen and oxygen atoms in total. The second-order valence-corrected chi connectivity index (χ2v) is 7.00. The van der Waals surface area contributed by atoms with Crippen molar-refractivity contribution in [3.63, 3.8) is 0 Å². The van der Waals surface area contributed by atoms with E-state index in [1.54, 1.807) is 0 Å². The van der Waals surface area contributed by atoms with E-state index in [1.165, 1.54) is 11.1 Å². The van der Waals surface area contributed by atoms with Crippen molar-refractivity contribution in [2.75, 3.05) is 6.54 Å². The highest BCUT2D eigenvalue weighted by molar-refractivity contribution is 5.78. The molecule has 0 aromatic heterocycles. The van der Waals surface area contributed by atoms with Crippen LogP contribution < -0.4 is 10.6 Å². The molecule has 0 radical (unpaired) electrons. The van der Waals surface area contributed by atoms with Gasteiger partial charge in [0.25, 0.3) is 0 Å². The Hall–Kier alpha value is -1.35. The molecule has 0 aliphatic heterocycles. The third-order valence-corrected chi connectivity index (χ3v) is 3.41. The number of nitrogens with one attached hydrogen (secondary N) is 2. The van der Waals surface area contributed by atoms with Crippen molar-refractivity contribution in [3.8, 4) is 0 Å². The van der Waals surface area contributed by atoms with Gasteiger partial charge >= 0.3 is 0 Å². The first-order chi connectivity index (χ1) is 9.73. The van der Waals surface area contributed by atoms with Gasteiger partial charge in [0, 0.05) is 11.6 Å². The SMILES string of the molecule is CCc1ccc(C(NCC(=O)NC(C)(C)C)C(C)C)cc1. The average molecular weight is 290 g/mol. The van der Waals surface area contributed by atoms with Gasteiger partial charge in [-0.3, -0.25) is 4.79 Å². The molecule has 0 aliphatic carbocycles. The van der Waals surface area contributed by atoms with Crippen LogP contribution in [0.3, 0.4) is 0 Å². The predicted octanol–water partition coefficient (Wildman–Crippen LogP) is 3.45. The molecule has 1 atom stereocenters. The third kappa shape index (κ3) is 6.30. The van der Waals surface area contributed by atoms with Crippen molar-refractivity contribution < 1.29 is 4.79 Å². The molecule has 2 N–H and O–H groups in total. The second-order valence-electron chi connectivity index (χ2n) is 7.00. The molecule has 118 valence electrons. The van der Waals surface area contributed by atoms with E-state index < -0.39 is 0 Å². The van der Waals surface area contributed by atoms with Crippen LogP contribution in [0.4, 0.5) is 0 Å². The van der Waals surface area contributed by atoms with Gasteiger partial charge in [-0.25, -0.2) is 0 Å². The Balaban J connectivity index is 2.67. The first-order valence-corrected chi connectivity index (χ1v) is 7.86. The first kappa shape index (κ1) is 17.7. The zero-order valence-electron chi connectivity index (χ0n) is 14.3. The summed E-state index contributed by atoms with van der Waals surface area (Å²) in [4.78, 5) is 11.9. The number of hydrogen-bond donors (Lipinski definition) is 2. The van der Waals surface area contributed by atoms with Crippen LogP contribution in [-0.4, -0.2) is 18.0 Å². The third-order valence-electron chi connectivity index (χ3n) is 3.41. The normalized spacial score (nSPS) is 13.3. The van der Waals surface area contributed by atoms with Crippen LogP contribution in [0.2, 0.25) is 0 Å². The van der Waals surface area contributed by atoms with Crippen molar-refractivity contribution >= 4 is 5.91 Å². The van der Waals surface area contributed by atoms with E-state index in [-0.39, 0.29) is 17.5 Å². The fraction of sp³-hybridized carbons (Fsp3) is 0.611. The van der Waals surface area contributed by atoms with Crippen LogP contribution in [-0.2, 0) is 11.2 Å². The number of carbonyl (C=O) groups excluding carboxylic acids is 1. The van der Waals surface area contributed by atoms with Crippen LogP contribution >= 0.6 is 0 Å². The maximum Gasteiger partial charge on any atom is 0.234 e. The minimum atomic E-state index is -0.186. The molecule has 1 aromatic rings. The topological polar surface area (TPSA) is 41.1 Å². The van der Waals surface area contributed by atoms with Gasteiger partial charge in [-0.2, -0.15) is 0 Å². The highest BCUT2D eigenvalue weighted by Gasteiger charge is 2.18. The molecule has 0 saturated carbocycles. The lowest BCUT2D eigenvalue weighted by Crippen LogP contribution is -2.45. The van der Waals surface area contributed by atoms with E-state index in [0.717, 1.165) is 6.42 Å². The van der Waals surface area contributed by atoms with E-state index in [9.17, 15) is 4.79 Å². The fourth-order valence-electron chi connectivity index (χ4n) is 2.36. The van der Waals surface area contributed by atoms with Crippen LogP contribution in [0.25, 0.3) is 0 Å². The Labute approximate surface area is 129 Å². The van der Waals surface area contributed by atoms with Crippen molar-refractivity contribution in [2.24, 2.45) is 5.92 Å². The van der Waals surface area contributed by atoms with Crippen molar-refractivity contribution in [3.05, 3.63) is 35.4 Å². The Morgan fingerprint density at radius 2 is 1.71 bits per heavy atom. The quantitative estimate of drug-likeness (QED) is 0.842. The van der Waals surface area contributed by atoms with Gasteiger partial charge in [-0.1, -0.05) is 45.0 Å². The second kappa shape index (κ2) is 7.60. The summed E-state index contributed by atoms with van der Waals surface area (Å²) in [6.07, 6.45) is 1.05. The Kier molecular flexibility index (Phi) is 6.41. The van der Waals surface area contributed by atoms with Gasteiger partial charge in [-0.05, 0) is 44.2 Å². The average Bonchev–Trinajstić information content (AvgIpc) is 2.37. The summed E-state index contributed by atoms with van der Waals surface area (Å²) in [5.74, 6) is 0.471. The van der Waals surface area contributed by atoms with E-state index in [4.69, 9.17) is 0 Å². The van der Waals surface area contributed by atoms with Gasteiger partial charge in [0.05, 0.1) is 6.54 Å². The van der Waals surface area contributed by atoms with E-state index >= 15 is 0 Å². The number of hydrogen-bond acceptors (Lipinski definition) is 2. The Bertz CT molecular complexity index is 443. The van der Waals surface area contributed by atoms with Gasteiger partial charge in [0.1, 0.15) is 0 Å². The number of carbonyl (C=O) groups is 1. The lowest BCUT2D eigenvalue weighted by atomic mass is 9.95. The molecule has 1 aromatic carbocycles. The summed E-state index contributed by atoms with van der Waals surface area (Å²) in [7, 11) is 0. The fourth-order valence-corrected chi connectivity index (χ4v) is 2.36. The monoisotopic (exact) mass is 290 g/mol. The Morgan fingerprint density at radius 3 is 2.14 bits per heavy atom. The van der Waals surface area contributed by atoms with Gasteiger partial charge in [0.2, 0.25) is 5.91 Å². The summed E-state index contributed by atoms with van der Waals surface area (Å²) in [6, 6.07) is 8.86. The minimum Gasteiger partial charge on any atom is -0.350 e. The minimum absolute atomic E-state index is 0.0401. The smallest absolute Gasteiger partial charge is 0.234 e. The maximum absolute atomic E-state index is 11.9. The van der Waals surface area contributed by atoms with Crippen LogP contribution in [0, 0.1) is 5.92 Å². The molecule has 0 saturated heterocycles. The van der Waals surface area contributed by atoms with Crippen molar-refractivity contribution in [1.29, 1.82) is 0 Å².